The molecule has 0 aliphatic heterocycles. The van der Waals surface area contributed by atoms with Gasteiger partial charge in [0.1, 0.15) is 22.3 Å². The SMILES string of the molecule is CC1(C)c2ccccc2-c2cc(N(c3ccc(-c4ccc5ccccc5c4)cc3)c3ccc4c(c3)oc3ccc5oc6c7ccccc7ccc6c5c34)ccc21. The molecule has 264 valence electrons. The third-order valence-corrected chi connectivity index (χ3v) is 12.2. The molecule has 9 aromatic carbocycles. The first kappa shape index (κ1) is 31.3. The van der Waals surface area contributed by atoms with Crippen LogP contribution in [-0.2, 0) is 5.41 Å². The Bertz CT molecular complexity index is 3400. The van der Waals surface area contributed by atoms with Crippen molar-refractivity contribution in [3.8, 4) is 22.3 Å². The number of hydrogen-bond acceptors (Lipinski definition) is 3. The van der Waals surface area contributed by atoms with Crippen LogP contribution in [-0.4, -0.2) is 0 Å². The second-order valence-electron chi connectivity index (χ2n) is 15.7. The average molecular weight is 718 g/mol. The van der Waals surface area contributed by atoms with Gasteiger partial charge in [0.05, 0.1) is 0 Å². The van der Waals surface area contributed by atoms with Crippen LogP contribution in [0.4, 0.5) is 17.1 Å². The van der Waals surface area contributed by atoms with Crippen molar-refractivity contribution in [3.05, 3.63) is 187 Å². The molecule has 0 saturated carbocycles. The van der Waals surface area contributed by atoms with E-state index in [2.05, 4.69) is 183 Å². The molecule has 1 aliphatic carbocycles. The molecule has 0 bridgehead atoms. The zero-order chi connectivity index (χ0) is 37.1. The summed E-state index contributed by atoms with van der Waals surface area (Å²) in [6.07, 6.45) is 0. The van der Waals surface area contributed by atoms with E-state index in [0.717, 1.165) is 66.3 Å². The van der Waals surface area contributed by atoms with Gasteiger partial charge < -0.3 is 13.7 Å². The van der Waals surface area contributed by atoms with Gasteiger partial charge in [-0.05, 0) is 110 Å². The summed E-state index contributed by atoms with van der Waals surface area (Å²) < 4.78 is 13.3. The highest BCUT2D eigenvalue weighted by atomic mass is 16.3. The number of rotatable bonds is 4. The first-order chi connectivity index (χ1) is 27.5. The van der Waals surface area contributed by atoms with Crippen LogP contribution >= 0.6 is 0 Å². The fourth-order valence-electron chi connectivity index (χ4n) is 9.45. The van der Waals surface area contributed by atoms with E-state index in [-0.39, 0.29) is 5.41 Å². The molecule has 3 heteroatoms. The molecule has 0 fully saturated rings. The summed E-state index contributed by atoms with van der Waals surface area (Å²) in [5.74, 6) is 0. The topological polar surface area (TPSA) is 29.5 Å². The van der Waals surface area contributed by atoms with Crippen molar-refractivity contribution >= 4 is 82.5 Å². The highest BCUT2D eigenvalue weighted by Gasteiger charge is 2.35. The Balaban J connectivity index is 1.04. The van der Waals surface area contributed by atoms with Crippen LogP contribution in [0.15, 0.2) is 185 Å². The van der Waals surface area contributed by atoms with Crippen molar-refractivity contribution in [2.45, 2.75) is 19.3 Å². The molecule has 3 nitrogen and oxygen atoms in total. The molecule has 0 atom stereocenters. The second-order valence-corrected chi connectivity index (χ2v) is 15.7. The maximum Gasteiger partial charge on any atom is 0.143 e. The molecule has 1 aliphatic rings. The molecule has 0 amide bonds. The Kier molecular flexibility index (Phi) is 6.40. The normalized spacial score (nSPS) is 13.3. The van der Waals surface area contributed by atoms with E-state index >= 15 is 0 Å². The molecule has 0 spiro atoms. The van der Waals surface area contributed by atoms with E-state index in [1.165, 1.54) is 49.5 Å². The predicted octanol–water partition coefficient (Wildman–Crippen LogP) is 15.2. The Hall–Kier alpha value is -7.10. The number of nitrogens with zero attached hydrogens (tertiary/aromatic N) is 1. The van der Waals surface area contributed by atoms with Gasteiger partial charge in [-0.15, -0.1) is 0 Å². The maximum absolute atomic E-state index is 6.72. The summed E-state index contributed by atoms with van der Waals surface area (Å²) in [6, 6.07) is 63.5. The smallest absolute Gasteiger partial charge is 0.143 e. The van der Waals surface area contributed by atoms with Crippen molar-refractivity contribution in [1.82, 2.24) is 0 Å². The predicted molar refractivity (Wildman–Crippen MR) is 234 cm³/mol. The van der Waals surface area contributed by atoms with Gasteiger partial charge in [-0.2, -0.15) is 0 Å². The summed E-state index contributed by atoms with van der Waals surface area (Å²) in [4.78, 5) is 2.36. The zero-order valence-electron chi connectivity index (χ0n) is 31.0. The molecule has 0 N–H and O–H groups in total. The van der Waals surface area contributed by atoms with Gasteiger partial charge in [-0.3, -0.25) is 0 Å². The van der Waals surface area contributed by atoms with E-state index in [9.17, 15) is 0 Å². The van der Waals surface area contributed by atoms with Crippen LogP contribution in [0.1, 0.15) is 25.0 Å². The van der Waals surface area contributed by atoms with E-state index in [1.807, 2.05) is 12.1 Å². The third-order valence-electron chi connectivity index (χ3n) is 12.2. The highest BCUT2D eigenvalue weighted by Crippen LogP contribution is 2.51. The third kappa shape index (κ3) is 4.46. The van der Waals surface area contributed by atoms with Crippen LogP contribution in [0, 0.1) is 0 Å². The van der Waals surface area contributed by atoms with Gasteiger partial charge in [0.25, 0.3) is 0 Å². The molecule has 0 unspecified atom stereocenters. The summed E-state index contributed by atoms with van der Waals surface area (Å²) in [7, 11) is 0. The van der Waals surface area contributed by atoms with Gasteiger partial charge in [-0.1, -0.05) is 123 Å². The van der Waals surface area contributed by atoms with Gasteiger partial charge in [0.2, 0.25) is 0 Å². The van der Waals surface area contributed by atoms with E-state index in [4.69, 9.17) is 8.83 Å². The monoisotopic (exact) mass is 717 g/mol. The lowest BCUT2D eigenvalue weighted by Crippen LogP contribution is -2.15. The molecule has 0 radical (unpaired) electrons. The Morgan fingerprint density at radius 3 is 1.89 bits per heavy atom. The number of hydrogen-bond donors (Lipinski definition) is 0. The van der Waals surface area contributed by atoms with Crippen molar-refractivity contribution in [2.24, 2.45) is 0 Å². The Morgan fingerprint density at radius 1 is 0.393 bits per heavy atom. The van der Waals surface area contributed by atoms with Crippen LogP contribution in [0.5, 0.6) is 0 Å². The summed E-state index contributed by atoms with van der Waals surface area (Å²) in [5.41, 5.74) is 14.3. The fourth-order valence-corrected chi connectivity index (χ4v) is 9.45. The largest absolute Gasteiger partial charge is 0.456 e. The summed E-state index contributed by atoms with van der Waals surface area (Å²) in [6.45, 7) is 4.66. The first-order valence-electron chi connectivity index (χ1n) is 19.3. The maximum atomic E-state index is 6.72. The van der Waals surface area contributed by atoms with E-state index in [0.29, 0.717) is 0 Å². The first-order valence-corrected chi connectivity index (χ1v) is 19.3. The van der Waals surface area contributed by atoms with E-state index in [1.54, 1.807) is 0 Å². The van der Waals surface area contributed by atoms with Crippen molar-refractivity contribution < 1.29 is 8.83 Å². The van der Waals surface area contributed by atoms with Gasteiger partial charge >= 0.3 is 0 Å². The zero-order valence-corrected chi connectivity index (χ0v) is 31.0. The molecule has 2 aromatic heterocycles. The lowest BCUT2D eigenvalue weighted by Gasteiger charge is -2.27. The highest BCUT2D eigenvalue weighted by molar-refractivity contribution is 6.28. The van der Waals surface area contributed by atoms with Crippen molar-refractivity contribution in [1.29, 1.82) is 0 Å². The van der Waals surface area contributed by atoms with Crippen molar-refractivity contribution in [2.75, 3.05) is 4.90 Å². The minimum Gasteiger partial charge on any atom is -0.456 e. The van der Waals surface area contributed by atoms with Crippen molar-refractivity contribution in [3.63, 3.8) is 0 Å². The number of benzene rings is 9. The standard InChI is InChI=1S/C53H35NO2/c1-53(2)45-14-8-7-13-41(45)44-30-38(23-26-46(44)53)54(37-20-17-33(18-21-37)36-16-15-32-9-3-4-11-35(32)29-36)39-22-25-42-49(31-39)55-47-27-28-48-51(50(42)47)43-24-19-34-10-5-6-12-40(34)52(43)56-48/h3-31H,1-2H3. The number of anilines is 3. The molecule has 56 heavy (non-hydrogen) atoms. The Morgan fingerprint density at radius 2 is 1.02 bits per heavy atom. The quantitative estimate of drug-likeness (QED) is 0.182. The van der Waals surface area contributed by atoms with Gasteiger partial charge in [0, 0.05) is 55.5 Å². The number of furan rings is 2. The molecular formula is C53H35NO2. The minimum absolute atomic E-state index is 0.0706. The Labute approximate surface area is 323 Å². The summed E-state index contributed by atoms with van der Waals surface area (Å²) in [5, 5.41) is 9.12. The molecule has 12 rings (SSSR count). The van der Waals surface area contributed by atoms with Crippen LogP contribution in [0.3, 0.4) is 0 Å². The van der Waals surface area contributed by atoms with Crippen LogP contribution in [0.2, 0.25) is 0 Å². The van der Waals surface area contributed by atoms with E-state index < -0.39 is 0 Å². The van der Waals surface area contributed by atoms with Crippen LogP contribution in [0.25, 0.3) is 87.7 Å². The lowest BCUT2D eigenvalue weighted by molar-refractivity contribution is 0.660. The fraction of sp³-hybridized carbons (Fsp3) is 0.0566. The van der Waals surface area contributed by atoms with Gasteiger partial charge in [0.15, 0.2) is 0 Å². The van der Waals surface area contributed by atoms with Crippen LogP contribution < -0.4 is 4.90 Å². The number of fused-ring (bicyclic) bond motifs is 13. The van der Waals surface area contributed by atoms with Gasteiger partial charge in [-0.25, -0.2) is 0 Å². The molecule has 11 aromatic rings. The molecular weight excluding hydrogens is 683 g/mol. The lowest BCUT2D eigenvalue weighted by atomic mass is 9.82. The average Bonchev–Trinajstić information content (AvgIpc) is 3.88. The second kappa shape index (κ2) is 11.5. The summed E-state index contributed by atoms with van der Waals surface area (Å²) >= 11 is 0. The minimum atomic E-state index is -0.0706. The molecule has 2 heterocycles. The molecule has 0 saturated heterocycles.